The highest BCUT2D eigenvalue weighted by Gasteiger charge is 2.44. The maximum absolute atomic E-state index is 14.0. The lowest BCUT2D eigenvalue weighted by molar-refractivity contribution is -0.144. The van der Waals surface area contributed by atoms with Gasteiger partial charge in [0.25, 0.3) is 5.91 Å². The smallest absolute Gasteiger partial charge is 0.252 e. The number of hydrogen-bond acceptors (Lipinski definition) is 11. The number of hydrogen-bond donors (Lipinski definition) is 5. The zero-order chi connectivity index (χ0) is 48.1. The molecular formula is C51H65N7O8S. The first kappa shape index (κ1) is 50.4. The lowest BCUT2D eigenvalue weighted by Gasteiger charge is -2.35. The average Bonchev–Trinajstić information content (AvgIpc) is 4.05. The molecule has 6 rings (SSSR count). The Kier molecular flexibility index (Phi) is 17.7. The van der Waals surface area contributed by atoms with Gasteiger partial charge in [0.1, 0.15) is 24.4 Å². The van der Waals surface area contributed by atoms with E-state index in [2.05, 4.69) is 37.8 Å². The van der Waals surface area contributed by atoms with Crippen molar-refractivity contribution in [2.75, 3.05) is 20.3 Å². The number of ether oxygens (including phenoxy) is 2. The van der Waals surface area contributed by atoms with Gasteiger partial charge in [0, 0.05) is 55.7 Å². The Morgan fingerprint density at radius 2 is 1.73 bits per heavy atom. The number of aliphatic hydroxyl groups is 1. The second-order valence-electron chi connectivity index (χ2n) is 18.6. The Labute approximate surface area is 397 Å². The highest BCUT2D eigenvalue weighted by Crippen LogP contribution is 2.34. The Balaban J connectivity index is 0.894. The van der Waals surface area contributed by atoms with Gasteiger partial charge >= 0.3 is 0 Å². The van der Waals surface area contributed by atoms with E-state index in [1.165, 1.54) is 12.0 Å². The fraction of sp³-hybridized carbons (Fsp3) is 0.510. The fourth-order valence-corrected chi connectivity index (χ4v) is 9.34. The summed E-state index contributed by atoms with van der Waals surface area (Å²) < 4.78 is 11.5. The van der Waals surface area contributed by atoms with Gasteiger partial charge in [-0.25, -0.2) is 9.97 Å². The Bertz CT molecular complexity index is 2450. The summed E-state index contributed by atoms with van der Waals surface area (Å²) in [4.78, 5) is 75.9. The molecule has 4 atom stereocenters. The van der Waals surface area contributed by atoms with Crippen LogP contribution in [0.4, 0.5) is 0 Å². The van der Waals surface area contributed by atoms with Gasteiger partial charge < -0.3 is 41.2 Å². The Hall–Kier alpha value is -6.05. The minimum Gasteiger partial charge on any atom is -0.496 e. The van der Waals surface area contributed by atoms with Crippen LogP contribution in [-0.2, 0) is 25.7 Å². The first-order valence-corrected chi connectivity index (χ1v) is 24.3. The number of nitrogens with one attached hydrogen (secondary N) is 3. The first-order valence-electron chi connectivity index (χ1n) is 23.4. The molecule has 0 radical (unpaired) electrons. The number of fused-ring (bicyclic) bond motifs is 1. The summed E-state index contributed by atoms with van der Waals surface area (Å²) >= 11 is 1.58. The van der Waals surface area contributed by atoms with Crippen LogP contribution in [0.3, 0.4) is 0 Å². The van der Waals surface area contributed by atoms with E-state index in [1.807, 2.05) is 57.5 Å². The van der Waals surface area contributed by atoms with Crippen LogP contribution in [0.5, 0.6) is 11.6 Å². The quantitative estimate of drug-likeness (QED) is 0.0452. The van der Waals surface area contributed by atoms with Gasteiger partial charge in [-0.2, -0.15) is 0 Å². The summed E-state index contributed by atoms with van der Waals surface area (Å²) in [6.07, 6.45) is 10.8. The van der Waals surface area contributed by atoms with Crippen molar-refractivity contribution in [3.05, 3.63) is 70.5 Å². The molecule has 2 aromatic carbocycles. The monoisotopic (exact) mass is 935 g/mol. The predicted molar refractivity (Wildman–Crippen MR) is 258 cm³/mol. The van der Waals surface area contributed by atoms with Crippen molar-refractivity contribution in [3.63, 3.8) is 0 Å². The largest absolute Gasteiger partial charge is 0.496 e. The lowest BCUT2D eigenvalue weighted by atomic mass is 9.85. The van der Waals surface area contributed by atoms with E-state index < -0.39 is 29.5 Å². The number of carbonyl (C=O) groups excluding carboxylic acids is 5. The van der Waals surface area contributed by atoms with Gasteiger partial charge in [0.2, 0.25) is 29.5 Å². The lowest BCUT2D eigenvalue weighted by Crippen LogP contribution is -2.57. The van der Waals surface area contributed by atoms with Gasteiger partial charge in [-0.1, -0.05) is 95.4 Å². The number of nitrogens with two attached hydrogens (primary N) is 1. The third-order valence-corrected chi connectivity index (χ3v) is 13.3. The second kappa shape index (κ2) is 23.6. The van der Waals surface area contributed by atoms with E-state index in [-0.39, 0.29) is 61.4 Å². The van der Waals surface area contributed by atoms with Crippen LogP contribution < -0.4 is 31.2 Å². The molecule has 4 heterocycles. The summed E-state index contributed by atoms with van der Waals surface area (Å²) in [6.45, 7) is 8.20. The molecule has 67 heavy (non-hydrogen) atoms. The van der Waals surface area contributed by atoms with Crippen molar-refractivity contribution in [1.82, 2.24) is 30.8 Å². The highest BCUT2D eigenvalue weighted by atomic mass is 32.1. The van der Waals surface area contributed by atoms with E-state index >= 15 is 0 Å². The topological polar surface area (TPSA) is 215 Å². The van der Waals surface area contributed by atoms with Crippen molar-refractivity contribution in [2.45, 2.75) is 142 Å². The number of pyridine rings is 1. The van der Waals surface area contributed by atoms with Crippen LogP contribution in [-0.4, -0.2) is 94.0 Å². The molecule has 2 aromatic heterocycles. The molecule has 2 aliphatic rings. The van der Waals surface area contributed by atoms with Crippen molar-refractivity contribution < 1.29 is 38.6 Å². The molecule has 0 spiro atoms. The third kappa shape index (κ3) is 13.8. The number of benzene rings is 2. The molecule has 2 saturated heterocycles. The number of amides is 5. The maximum Gasteiger partial charge on any atom is 0.252 e. The summed E-state index contributed by atoms with van der Waals surface area (Å²) in [5, 5.41) is 20.7. The zero-order valence-corrected chi connectivity index (χ0v) is 40.2. The number of nitrogens with zero attached hydrogens (tertiary/aromatic N) is 3. The highest BCUT2D eigenvalue weighted by molar-refractivity contribution is 7.13. The number of unbranched alkanes of at least 4 members (excludes halogenated alkanes) is 8. The SMILES string of the molecule is COc1cc2c(OC[C@@H]3CCC(=O)N3)ncc(C#CCCCCCCCCCCC(=O)N[C@H](C(=O)N3C[C@H](O)C[C@H]3C(=O)NCc3ccc(-c4scnc4C)cc3)C(C)(C)C)c2cc1C(N)=O. The number of likely N-dealkylation sites (tertiary alicyclic amines) is 1. The average molecular weight is 936 g/mol. The fourth-order valence-electron chi connectivity index (χ4n) is 8.53. The summed E-state index contributed by atoms with van der Waals surface area (Å²) in [5.41, 5.74) is 10.7. The minimum atomic E-state index is -0.859. The zero-order valence-electron chi connectivity index (χ0n) is 39.4. The molecule has 16 heteroatoms. The summed E-state index contributed by atoms with van der Waals surface area (Å²) in [5.74, 6) is 5.61. The van der Waals surface area contributed by atoms with Crippen molar-refractivity contribution in [1.29, 1.82) is 0 Å². The Morgan fingerprint density at radius 3 is 2.37 bits per heavy atom. The molecule has 4 aromatic rings. The van der Waals surface area contributed by atoms with Crippen molar-refractivity contribution >= 4 is 51.6 Å². The number of aliphatic hydroxyl groups excluding tert-OH is 1. The number of aryl methyl sites for hydroxylation is 1. The maximum atomic E-state index is 14.0. The van der Waals surface area contributed by atoms with Gasteiger partial charge in [-0.3, -0.25) is 24.0 Å². The molecule has 2 aliphatic heterocycles. The standard InChI is InChI=1S/C51H65N7O8S/c1-32-45(67-31-55-32)34-20-18-33(19-21-34)27-53-48(63)41-24-37(59)29-58(41)50(64)46(51(2,3)4)57-43(60)17-15-13-11-9-7-6-8-10-12-14-16-35-28-54-49(66-30-36-22-23-44(61)56-36)39-26-42(65-5)40(47(52)62)25-38(35)39/h18-21,25-26,28,31,36-37,41,46,59H,6-13,15,17,22-24,27,29-30H2,1-5H3,(H2,52,62)(H,53,63)(H,56,61)(H,57,60)/t36-,37+,41-,46+/m0/s1. The van der Waals surface area contributed by atoms with Crippen LogP contribution in [0.2, 0.25) is 0 Å². The van der Waals surface area contributed by atoms with Gasteiger partial charge in [-0.15, -0.1) is 11.3 Å². The van der Waals surface area contributed by atoms with Crippen molar-refractivity contribution in [3.8, 4) is 33.9 Å². The van der Waals surface area contributed by atoms with E-state index in [1.54, 1.807) is 29.7 Å². The van der Waals surface area contributed by atoms with E-state index in [0.29, 0.717) is 60.1 Å². The number of methoxy groups -OCH3 is 1. The number of thiazole rings is 1. The van der Waals surface area contributed by atoms with Crippen LogP contribution in [0.15, 0.2) is 48.1 Å². The number of rotatable bonds is 21. The second-order valence-corrected chi connectivity index (χ2v) is 19.5. The molecule has 358 valence electrons. The van der Waals surface area contributed by atoms with Crippen LogP contribution in [0.1, 0.15) is 131 Å². The molecule has 0 saturated carbocycles. The minimum absolute atomic E-state index is 0.000644. The van der Waals surface area contributed by atoms with E-state index in [9.17, 15) is 29.1 Å². The molecular weight excluding hydrogens is 871 g/mol. The molecule has 5 amide bonds. The molecule has 6 N–H and O–H groups in total. The molecule has 15 nitrogen and oxygen atoms in total. The number of carbonyl (C=O) groups is 5. The van der Waals surface area contributed by atoms with Gasteiger partial charge in [-0.05, 0) is 54.9 Å². The van der Waals surface area contributed by atoms with Crippen LogP contribution >= 0.6 is 11.3 Å². The first-order chi connectivity index (χ1) is 32.1. The summed E-state index contributed by atoms with van der Waals surface area (Å²) in [6, 6.07) is 9.47. The number of primary amides is 1. The number of aromatic nitrogens is 2. The van der Waals surface area contributed by atoms with Crippen LogP contribution in [0, 0.1) is 24.2 Å². The molecule has 0 aliphatic carbocycles. The molecule has 0 bridgehead atoms. The number of β-amino-alcohol motifs (C(OH)–C–C–N with tert-alkyl or cyclic N) is 1. The van der Waals surface area contributed by atoms with E-state index in [0.717, 1.165) is 66.6 Å². The van der Waals surface area contributed by atoms with Crippen molar-refractivity contribution in [2.24, 2.45) is 11.1 Å². The van der Waals surface area contributed by atoms with Crippen LogP contribution in [0.25, 0.3) is 21.2 Å². The summed E-state index contributed by atoms with van der Waals surface area (Å²) in [7, 11) is 1.47. The van der Waals surface area contributed by atoms with Gasteiger partial charge in [0.05, 0.1) is 46.5 Å². The van der Waals surface area contributed by atoms with E-state index in [4.69, 9.17) is 15.2 Å². The molecule has 0 unspecified atom stereocenters. The van der Waals surface area contributed by atoms with Gasteiger partial charge in [0.15, 0.2) is 0 Å². The predicted octanol–water partition coefficient (Wildman–Crippen LogP) is 6.49. The molecule has 2 fully saturated rings. The third-order valence-electron chi connectivity index (χ3n) is 12.3. The normalized spacial score (nSPS) is 17.4. The Morgan fingerprint density at radius 1 is 1.01 bits per heavy atom.